The Bertz CT molecular complexity index is 567. The number of ether oxygens (including phenoxy) is 1. The number of rotatable bonds is 6. The second-order valence-corrected chi connectivity index (χ2v) is 6.44. The van der Waals surface area contributed by atoms with Gasteiger partial charge >= 0.3 is 0 Å². The Morgan fingerprint density at radius 1 is 0.960 bits per heavy atom. The van der Waals surface area contributed by atoms with Crippen LogP contribution in [0.2, 0.25) is 0 Å². The van der Waals surface area contributed by atoms with Gasteiger partial charge in [0.25, 0.3) is 5.91 Å². The summed E-state index contributed by atoms with van der Waals surface area (Å²) in [6, 6.07) is 7.28. The molecule has 0 aromatic heterocycles. The lowest BCUT2D eigenvalue weighted by atomic mass is 10.0. The van der Waals surface area contributed by atoms with Gasteiger partial charge in [-0.25, -0.2) is 0 Å². The molecule has 5 nitrogen and oxygen atoms in total. The average Bonchev–Trinajstić information content (AvgIpc) is 2.89. The highest BCUT2D eigenvalue weighted by atomic mass is 16.5. The van der Waals surface area contributed by atoms with E-state index in [1.807, 2.05) is 41.0 Å². The molecule has 1 aliphatic rings. The summed E-state index contributed by atoms with van der Waals surface area (Å²) in [5.74, 6) is 1.14. The Balaban J connectivity index is 1.97. The molecule has 5 heteroatoms. The Labute approximate surface area is 150 Å². The van der Waals surface area contributed by atoms with Crippen molar-refractivity contribution in [3.05, 3.63) is 29.8 Å². The Morgan fingerprint density at radius 2 is 1.56 bits per heavy atom. The molecule has 1 heterocycles. The van der Waals surface area contributed by atoms with Crippen molar-refractivity contribution in [3.8, 4) is 5.75 Å². The minimum absolute atomic E-state index is 0.0277. The minimum atomic E-state index is 0.0277. The summed E-state index contributed by atoms with van der Waals surface area (Å²) >= 11 is 0. The van der Waals surface area contributed by atoms with Gasteiger partial charge in [0.1, 0.15) is 5.75 Å². The number of nitrogens with zero attached hydrogens (tertiary/aromatic N) is 2. The van der Waals surface area contributed by atoms with Gasteiger partial charge in [0.2, 0.25) is 5.91 Å². The van der Waals surface area contributed by atoms with Gasteiger partial charge in [0.15, 0.2) is 0 Å². The highest BCUT2D eigenvalue weighted by Crippen LogP contribution is 2.17. The van der Waals surface area contributed by atoms with E-state index in [-0.39, 0.29) is 17.7 Å². The molecule has 0 radical (unpaired) electrons. The predicted octanol–water partition coefficient (Wildman–Crippen LogP) is 3.20. The molecule has 0 saturated carbocycles. The van der Waals surface area contributed by atoms with E-state index >= 15 is 0 Å². The smallest absolute Gasteiger partial charge is 0.253 e. The lowest BCUT2D eigenvalue weighted by Crippen LogP contribution is -2.39. The van der Waals surface area contributed by atoms with Crippen molar-refractivity contribution >= 4 is 11.8 Å². The van der Waals surface area contributed by atoms with Crippen LogP contribution in [0.5, 0.6) is 5.75 Å². The molecule has 2 amide bonds. The van der Waals surface area contributed by atoms with Crippen molar-refractivity contribution in [2.75, 3.05) is 32.8 Å². The Hall–Kier alpha value is -2.04. The maximum absolute atomic E-state index is 12.7. The monoisotopic (exact) mass is 346 g/mol. The molecule has 0 bridgehead atoms. The highest BCUT2D eigenvalue weighted by molar-refractivity contribution is 5.94. The molecule has 1 fully saturated rings. The van der Waals surface area contributed by atoms with Crippen molar-refractivity contribution in [3.63, 3.8) is 0 Å². The summed E-state index contributed by atoms with van der Waals surface area (Å²) in [4.78, 5) is 29.1. The van der Waals surface area contributed by atoms with E-state index < -0.39 is 0 Å². The second kappa shape index (κ2) is 9.44. The van der Waals surface area contributed by atoms with Gasteiger partial charge in [-0.1, -0.05) is 13.8 Å². The van der Waals surface area contributed by atoms with Crippen LogP contribution in [0.4, 0.5) is 0 Å². The van der Waals surface area contributed by atoms with E-state index in [1.54, 1.807) is 0 Å². The first-order valence-corrected chi connectivity index (χ1v) is 9.41. The fourth-order valence-electron chi connectivity index (χ4n) is 3.28. The topological polar surface area (TPSA) is 49.9 Å². The zero-order chi connectivity index (χ0) is 18.2. The molecular formula is C20H30N2O3. The zero-order valence-corrected chi connectivity index (χ0v) is 15.7. The van der Waals surface area contributed by atoms with Crippen LogP contribution >= 0.6 is 0 Å². The Kier molecular flexibility index (Phi) is 7.29. The number of hydrogen-bond donors (Lipinski definition) is 0. The summed E-state index contributed by atoms with van der Waals surface area (Å²) in [5.41, 5.74) is 0.670. The highest BCUT2D eigenvalue weighted by Gasteiger charge is 2.25. The summed E-state index contributed by atoms with van der Waals surface area (Å²) in [6.07, 6.45) is 2.58. The van der Waals surface area contributed by atoms with E-state index in [0.717, 1.165) is 31.6 Å². The van der Waals surface area contributed by atoms with E-state index in [9.17, 15) is 9.59 Å². The average molecular weight is 346 g/mol. The summed E-state index contributed by atoms with van der Waals surface area (Å²) in [6.45, 7) is 9.32. The van der Waals surface area contributed by atoms with Crippen LogP contribution in [0, 0.1) is 5.92 Å². The first-order valence-electron chi connectivity index (χ1n) is 9.41. The molecule has 0 unspecified atom stereocenters. The molecule has 0 N–H and O–H groups in total. The Morgan fingerprint density at radius 3 is 2.16 bits per heavy atom. The van der Waals surface area contributed by atoms with Crippen LogP contribution in [0.1, 0.15) is 50.4 Å². The van der Waals surface area contributed by atoms with E-state index in [1.165, 1.54) is 0 Å². The molecular weight excluding hydrogens is 316 g/mol. The zero-order valence-electron chi connectivity index (χ0n) is 15.7. The van der Waals surface area contributed by atoms with E-state index in [0.29, 0.717) is 31.8 Å². The SMILES string of the molecule is CCOc1ccc(C(=O)N2CCCN(C(=O)C(CC)CC)CC2)cc1. The first-order chi connectivity index (χ1) is 12.1. The van der Waals surface area contributed by atoms with Crippen LogP contribution in [0.15, 0.2) is 24.3 Å². The molecule has 2 rings (SSSR count). The predicted molar refractivity (Wildman–Crippen MR) is 98.8 cm³/mol. The van der Waals surface area contributed by atoms with Crippen LogP contribution in [-0.4, -0.2) is 54.4 Å². The van der Waals surface area contributed by atoms with Gasteiger partial charge < -0.3 is 14.5 Å². The fraction of sp³-hybridized carbons (Fsp3) is 0.600. The standard InChI is InChI=1S/C20H30N2O3/c1-4-16(5-2)19(23)21-12-7-13-22(15-14-21)20(24)17-8-10-18(11-9-17)25-6-3/h8-11,16H,4-7,12-15H2,1-3H3. The van der Waals surface area contributed by atoms with Gasteiger partial charge in [0.05, 0.1) is 6.61 Å². The molecule has 1 aliphatic heterocycles. The number of carbonyl (C=O) groups is 2. The number of benzene rings is 1. The normalized spacial score (nSPS) is 15.2. The first kappa shape index (κ1) is 19.3. The number of carbonyl (C=O) groups excluding carboxylic acids is 2. The molecule has 1 aromatic carbocycles. The number of amides is 2. The van der Waals surface area contributed by atoms with Crippen LogP contribution < -0.4 is 4.74 Å². The van der Waals surface area contributed by atoms with Crippen molar-refractivity contribution in [2.24, 2.45) is 5.92 Å². The molecule has 138 valence electrons. The quantitative estimate of drug-likeness (QED) is 0.795. The third-order valence-corrected chi connectivity index (χ3v) is 4.84. The molecule has 25 heavy (non-hydrogen) atoms. The van der Waals surface area contributed by atoms with E-state index in [4.69, 9.17) is 4.74 Å². The van der Waals surface area contributed by atoms with Crippen molar-refractivity contribution in [1.29, 1.82) is 0 Å². The van der Waals surface area contributed by atoms with Gasteiger partial charge in [-0.05, 0) is 50.5 Å². The van der Waals surface area contributed by atoms with Crippen LogP contribution in [0.25, 0.3) is 0 Å². The third-order valence-electron chi connectivity index (χ3n) is 4.84. The lowest BCUT2D eigenvalue weighted by Gasteiger charge is -2.25. The second-order valence-electron chi connectivity index (χ2n) is 6.44. The van der Waals surface area contributed by atoms with Crippen LogP contribution in [0.3, 0.4) is 0 Å². The number of hydrogen-bond acceptors (Lipinski definition) is 3. The van der Waals surface area contributed by atoms with Crippen LogP contribution in [-0.2, 0) is 4.79 Å². The molecule has 0 atom stereocenters. The van der Waals surface area contributed by atoms with Gasteiger partial charge in [-0.2, -0.15) is 0 Å². The largest absolute Gasteiger partial charge is 0.494 e. The fourth-order valence-corrected chi connectivity index (χ4v) is 3.28. The minimum Gasteiger partial charge on any atom is -0.494 e. The maximum Gasteiger partial charge on any atom is 0.253 e. The van der Waals surface area contributed by atoms with Crippen molar-refractivity contribution < 1.29 is 14.3 Å². The summed E-state index contributed by atoms with van der Waals surface area (Å²) in [5, 5.41) is 0. The van der Waals surface area contributed by atoms with Crippen molar-refractivity contribution in [2.45, 2.75) is 40.0 Å². The lowest BCUT2D eigenvalue weighted by molar-refractivity contribution is -0.135. The molecule has 1 aromatic rings. The third kappa shape index (κ3) is 4.97. The summed E-state index contributed by atoms with van der Waals surface area (Å²) in [7, 11) is 0. The maximum atomic E-state index is 12.7. The van der Waals surface area contributed by atoms with Gasteiger partial charge in [0, 0.05) is 37.7 Å². The molecule has 0 aliphatic carbocycles. The van der Waals surface area contributed by atoms with Crippen molar-refractivity contribution in [1.82, 2.24) is 9.80 Å². The summed E-state index contributed by atoms with van der Waals surface area (Å²) < 4.78 is 5.42. The molecule has 1 saturated heterocycles. The van der Waals surface area contributed by atoms with Gasteiger partial charge in [-0.3, -0.25) is 9.59 Å². The van der Waals surface area contributed by atoms with E-state index in [2.05, 4.69) is 13.8 Å². The molecule has 0 spiro atoms. The van der Waals surface area contributed by atoms with Gasteiger partial charge in [-0.15, -0.1) is 0 Å².